The van der Waals surface area contributed by atoms with Gasteiger partial charge in [0.2, 0.25) is 0 Å². The summed E-state index contributed by atoms with van der Waals surface area (Å²) in [7, 11) is 0. The van der Waals surface area contributed by atoms with Gasteiger partial charge in [0.1, 0.15) is 52.7 Å². The van der Waals surface area contributed by atoms with Gasteiger partial charge in [-0.3, -0.25) is 4.79 Å². The number of nitrogens with zero attached hydrogens (tertiary/aromatic N) is 1. The molecule has 2 nitrogen and oxygen atoms in total. The van der Waals surface area contributed by atoms with Crippen LogP contribution in [0.15, 0.2) is 97.2 Å². The fourth-order valence-corrected chi connectivity index (χ4v) is 7.95. The Morgan fingerprint density at radius 1 is 0.343 bits per heavy atom. The first-order valence-electron chi connectivity index (χ1n) is 19.3. The lowest BCUT2D eigenvalue weighted by atomic mass is 9.12. The van der Waals surface area contributed by atoms with Crippen LogP contribution in [-0.2, 0) is 6.54 Å². The van der Waals surface area contributed by atoms with E-state index in [1.165, 1.54) is 5.56 Å². The number of carbonyl (C=O) groups excluding carboxylic acids is 1. The van der Waals surface area contributed by atoms with Crippen molar-refractivity contribution >= 4 is 44.6 Å². The van der Waals surface area contributed by atoms with Crippen molar-refractivity contribution in [2.75, 3.05) is 0 Å². The number of halogens is 20. The number of benzene rings is 7. The molecule has 0 aliphatic carbocycles. The van der Waals surface area contributed by atoms with Crippen molar-refractivity contribution in [1.82, 2.24) is 0 Å². The molecule has 0 saturated heterocycles. The highest BCUT2D eigenvalue weighted by Gasteiger charge is 2.52. The zero-order valence-electron chi connectivity index (χ0n) is 33.9. The summed E-state index contributed by atoms with van der Waals surface area (Å²) in [5.41, 5.74) is -11.7. The molecular weight excluding hydrogens is 985 g/mol. The SMILES string of the molecule is Fc1c(F)c(F)c([B-](c2c(F)c(F)c(F)c(F)c2F)(c2c(F)c(F)c(F)c(F)c2F)c2c(F)c(F)c(F)c(F)c2F)c(F)c1F.O=C(c1ccc2ccccc2c1)c1cccc[n+]1Cc1ccccc1. The van der Waals surface area contributed by atoms with Crippen LogP contribution in [0.25, 0.3) is 10.8 Å². The van der Waals surface area contributed by atoms with Crippen LogP contribution in [0.3, 0.4) is 0 Å². The van der Waals surface area contributed by atoms with Gasteiger partial charge in [0, 0.05) is 23.3 Å². The largest absolute Gasteiger partial charge is 0.282 e. The predicted molar refractivity (Wildman–Crippen MR) is 209 cm³/mol. The molecular formula is C47H18BF20NO. The van der Waals surface area contributed by atoms with Crippen LogP contribution in [0, 0.1) is 116 Å². The van der Waals surface area contributed by atoms with Gasteiger partial charge in [-0.25, -0.2) is 87.8 Å². The lowest BCUT2D eigenvalue weighted by Gasteiger charge is -2.44. The maximum absolute atomic E-state index is 15.4. The summed E-state index contributed by atoms with van der Waals surface area (Å²) < 4.78 is 296. The minimum Gasteiger partial charge on any atom is -0.282 e. The zero-order valence-corrected chi connectivity index (χ0v) is 33.9. The summed E-state index contributed by atoms with van der Waals surface area (Å²) >= 11 is 0. The molecule has 1 aromatic heterocycles. The van der Waals surface area contributed by atoms with Crippen LogP contribution in [0.4, 0.5) is 87.8 Å². The number of rotatable bonds is 8. The second-order valence-corrected chi connectivity index (χ2v) is 14.9. The van der Waals surface area contributed by atoms with E-state index in [0.29, 0.717) is 17.8 Å². The minimum atomic E-state index is -7.22. The summed E-state index contributed by atoms with van der Waals surface area (Å²) in [6.07, 6.45) is -5.26. The molecule has 0 spiro atoms. The van der Waals surface area contributed by atoms with E-state index in [1.54, 1.807) is 0 Å². The topological polar surface area (TPSA) is 20.9 Å². The number of hydrogen-bond donors (Lipinski definition) is 0. The fraction of sp³-hybridized carbons (Fsp3) is 0.0213. The van der Waals surface area contributed by atoms with Gasteiger partial charge < -0.3 is 0 Å². The second kappa shape index (κ2) is 19.0. The number of carbonyl (C=O) groups is 1. The molecule has 0 aliphatic heterocycles. The van der Waals surface area contributed by atoms with E-state index >= 15 is 35.1 Å². The number of fused-ring (bicyclic) bond motifs is 1. The molecule has 0 saturated carbocycles. The Hall–Kier alpha value is -7.72. The van der Waals surface area contributed by atoms with Gasteiger partial charge in [0.15, 0.2) is 82.5 Å². The third-order valence-corrected chi connectivity index (χ3v) is 11.1. The Bertz CT molecular complexity index is 3060. The molecule has 0 fully saturated rings. The van der Waals surface area contributed by atoms with Crippen LogP contribution < -0.4 is 26.4 Å². The Morgan fingerprint density at radius 3 is 1.03 bits per heavy atom. The van der Waals surface area contributed by atoms with E-state index in [4.69, 9.17) is 0 Å². The molecule has 8 rings (SSSR count). The number of ketones is 1. The Labute approximate surface area is 378 Å². The third-order valence-electron chi connectivity index (χ3n) is 11.1. The first-order valence-corrected chi connectivity index (χ1v) is 19.3. The van der Waals surface area contributed by atoms with E-state index in [1.807, 2.05) is 83.6 Å². The standard InChI is InChI=1S/C24BF20.C23H18NO/c26-5-1(6(27)14(35)21(42)13(5)34)25(2-7(28)15(36)22(43)16(37)8(2)29,3-9(30)17(38)23(44)18(39)10(3)31)4-11(32)19(40)24(45)20(41)12(4)33;25-23(21-14-13-19-10-4-5-11-20(19)16-21)22-12-6-7-15-24(22)17-18-8-2-1-3-9-18/h;1-16H,17H2/q-1;+1. The van der Waals surface area contributed by atoms with Crippen LogP contribution >= 0.6 is 0 Å². The quantitative estimate of drug-likeness (QED) is 0.0371. The van der Waals surface area contributed by atoms with Crippen molar-refractivity contribution in [3.63, 3.8) is 0 Å². The molecule has 23 heteroatoms. The molecule has 0 atom stereocenters. The van der Waals surface area contributed by atoms with Crippen molar-refractivity contribution in [3.05, 3.63) is 230 Å². The van der Waals surface area contributed by atoms with Gasteiger partial charge in [-0.2, -0.15) is 4.57 Å². The van der Waals surface area contributed by atoms with Crippen LogP contribution in [0.5, 0.6) is 0 Å². The van der Waals surface area contributed by atoms with E-state index in [0.717, 1.165) is 10.8 Å². The highest BCUT2D eigenvalue weighted by Crippen LogP contribution is 2.31. The number of pyridine rings is 1. The Balaban J connectivity index is 0.000000242. The molecule has 7 aromatic carbocycles. The van der Waals surface area contributed by atoms with E-state index in [9.17, 15) is 57.5 Å². The Kier molecular flexibility index (Phi) is 13.6. The highest BCUT2D eigenvalue weighted by molar-refractivity contribution is 7.20. The maximum atomic E-state index is 15.4. The smallest absolute Gasteiger partial charge is 0.256 e. The molecule has 0 aliphatic rings. The van der Waals surface area contributed by atoms with Crippen LogP contribution in [-0.4, -0.2) is 11.9 Å². The van der Waals surface area contributed by atoms with Crippen LogP contribution in [0.2, 0.25) is 0 Å². The molecule has 0 N–H and O–H groups in total. The molecule has 1 heterocycles. The van der Waals surface area contributed by atoms with Gasteiger partial charge in [0.25, 0.3) is 11.5 Å². The fourth-order valence-electron chi connectivity index (χ4n) is 7.95. The maximum Gasteiger partial charge on any atom is 0.256 e. The summed E-state index contributed by atoms with van der Waals surface area (Å²) in [6.45, 7) is 0.677. The lowest BCUT2D eigenvalue weighted by Crippen LogP contribution is -2.81. The van der Waals surface area contributed by atoms with Crippen molar-refractivity contribution in [1.29, 1.82) is 0 Å². The van der Waals surface area contributed by atoms with Crippen LogP contribution in [0.1, 0.15) is 21.6 Å². The lowest BCUT2D eigenvalue weighted by molar-refractivity contribution is -0.690. The molecule has 8 aromatic rings. The normalized spacial score (nSPS) is 11.5. The summed E-state index contributed by atoms with van der Waals surface area (Å²) in [4.78, 5) is 13.1. The van der Waals surface area contributed by atoms with Crippen molar-refractivity contribution in [2.24, 2.45) is 0 Å². The average molecular weight is 1000 g/mol. The highest BCUT2D eigenvalue weighted by atomic mass is 19.2. The van der Waals surface area contributed by atoms with Gasteiger partial charge >= 0.3 is 0 Å². The average Bonchev–Trinajstić information content (AvgIpc) is 3.36. The molecule has 360 valence electrons. The predicted octanol–water partition coefficient (Wildman–Crippen LogP) is 10.3. The van der Waals surface area contributed by atoms with E-state index < -0.39 is 144 Å². The van der Waals surface area contributed by atoms with Gasteiger partial charge in [0.05, 0.1) is 0 Å². The summed E-state index contributed by atoms with van der Waals surface area (Å²) in [6, 6.07) is 29.9. The molecule has 70 heavy (non-hydrogen) atoms. The van der Waals surface area contributed by atoms with Gasteiger partial charge in [-0.15, -0.1) is 21.9 Å². The molecule has 0 radical (unpaired) electrons. The van der Waals surface area contributed by atoms with E-state index in [2.05, 4.69) is 18.2 Å². The molecule has 0 unspecified atom stereocenters. The number of hydrogen-bond acceptors (Lipinski definition) is 1. The number of aromatic nitrogens is 1. The third kappa shape index (κ3) is 7.95. The molecule has 0 bridgehead atoms. The first-order chi connectivity index (χ1) is 33.0. The zero-order chi connectivity index (χ0) is 51.4. The summed E-state index contributed by atoms with van der Waals surface area (Å²) in [5, 5.41) is 2.23. The van der Waals surface area contributed by atoms with Crippen molar-refractivity contribution < 1.29 is 97.2 Å². The monoisotopic (exact) mass is 1000 g/mol. The molecule has 0 amide bonds. The summed E-state index contributed by atoms with van der Waals surface area (Å²) in [5.74, 6) is -71.4. The second-order valence-electron chi connectivity index (χ2n) is 14.9. The first kappa shape index (κ1) is 50.2. The van der Waals surface area contributed by atoms with Crippen molar-refractivity contribution in [3.8, 4) is 0 Å². The van der Waals surface area contributed by atoms with E-state index in [-0.39, 0.29) is 5.78 Å². The minimum absolute atomic E-state index is 0.0438. The Morgan fingerprint density at radius 2 is 0.657 bits per heavy atom. The van der Waals surface area contributed by atoms with Crippen molar-refractivity contribution in [2.45, 2.75) is 6.54 Å². The van der Waals surface area contributed by atoms with Gasteiger partial charge in [-0.1, -0.05) is 66.7 Å². The van der Waals surface area contributed by atoms with Gasteiger partial charge in [-0.05, 0) is 22.9 Å².